The van der Waals surface area contributed by atoms with Crippen LogP contribution >= 0.6 is 11.6 Å². The highest BCUT2D eigenvalue weighted by Crippen LogP contribution is 2.40. The Bertz CT molecular complexity index is 1390. The molecule has 1 unspecified atom stereocenters. The molecule has 1 amide bonds. The third-order valence-electron chi connectivity index (χ3n) is 13.0. The zero-order chi connectivity index (χ0) is 41.5. The molecule has 4 aliphatic rings. The van der Waals surface area contributed by atoms with Crippen LogP contribution in [0.5, 0.6) is 0 Å². The van der Waals surface area contributed by atoms with Gasteiger partial charge in [0, 0.05) is 52.0 Å². The van der Waals surface area contributed by atoms with E-state index in [-0.39, 0.29) is 54.9 Å². The lowest BCUT2D eigenvalue weighted by Gasteiger charge is -2.49. The predicted octanol–water partition coefficient (Wildman–Crippen LogP) is 5.51. The second kappa shape index (κ2) is 20.9. The van der Waals surface area contributed by atoms with E-state index in [0.29, 0.717) is 38.5 Å². The average molecular weight is 812 g/mol. The molecule has 0 radical (unpaired) electrons. The Balaban J connectivity index is 1.76. The summed E-state index contributed by atoms with van der Waals surface area (Å²) in [6.45, 7) is 11.5. The van der Waals surface area contributed by atoms with E-state index < -0.39 is 78.1 Å². The second-order valence-corrected chi connectivity index (χ2v) is 17.8. The first-order valence-electron chi connectivity index (χ1n) is 20.9. The maximum Gasteiger partial charge on any atom is 0.329 e. The van der Waals surface area contributed by atoms with E-state index in [0.717, 1.165) is 24.0 Å². The van der Waals surface area contributed by atoms with E-state index in [1.165, 1.54) is 4.90 Å². The molecule has 3 fully saturated rings. The Morgan fingerprint density at radius 1 is 0.964 bits per heavy atom. The van der Waals surface area contributed by atoms with Crippen LogP contribution in [0.2, 0.25) is 0 Å². The summed E-state index contributed by atoms with van der Waals surface area (Å²) in [4.78, 5) is 43.7. The Morgan fingerprint density at radius 3 is 2.27 bits per heavy atom. The number of carbonyl (C=O) groups is 3. The number of piperidine rings is 1. The number of cyclic esters (lactones) is 1. The minimum atomic E-state index is -2.30. The number of rotatable bonds is 6. The number of Topliss-reactive ketones (excluding diaryl/α,β-unsaturated/α-hetero) is 1. The number of methoxy groups -OCH3 is 3. The van der Waals surface area contributed by atoms with Gasteiger partial charge in [-0.25, -0.2) is 4.79 Å². The number of halogens is 1. The van der Waals surface area contributed by atoms with Crippen LogP contribution in [0.15, 0.2) is 23.3 Å². The number of esters is 1. The highest BCUT2D eigenvalue weighted by molar-refractivity contribution is 6.21. The predicted molar refractivity (Wildman–Crippen MR) is 213 cm³/mol. The van der Waals surface area contributed by atoms with Gasteiger partial charge in [0.1, 0.15) is 24.0 Å². The van der Waals surface area contributed by atoms with Crippen LogP contribution in [0.25, 0.3) is 0 Å². The van der Waals surface area contributed by atoms with Crippen LogP contribution in [0.4, 0.5) is 0 Å². The van der Waals surface area contributed by atoms with Crippen molar-refractivity contribution >= 4 is 29.3 Å². The van der Waals surface area contributed by atoms with Crippen molar-refractivity contribution in [3.8, 4) is 0 Å². The second-order valence-electron chi connectivity index (χ2n) is 17.3. The van der Waals surface area contributed by atoms with E-state index in [2.05, 4.69) is 13.0 Å². The van der Waals surface area contributed by atoms with Gasteiger partial charge >= 0.3 is 5.97 Å². The van der Waals surface area contributed by atoms with Crippen molar-refractivity contribution in [3.63, 3.8) is 0 Å². The molecule has 0 aromatic heterocycles. The van der Waals surface area contributed by atoms with Crippen LogP contribution in [0.1, 0.15) is 112 Å². The maximum atomic E-state index is 14.3. The van der Waals surface area contributed by atoms with Gasteiger partial charge in [-0.3, -0.25) is 9.59 Å². The number of aliphatic hydroxyl groups excluding tert-OH is 2. The molecule has 0 aromatic rings. The molecule has 0 spiro atoms. The van der Waals surface area contributed by atoms with Crippen LogP contribution in [-0.2, 0) is 38.1 Å². The first kappa shape index (κ1) is 46.8. The van der Waals surface area contributed by atoms with E-state index >= 15 is 0 Å². The molecular weight excluding hydrogens is 742 g/mol. The molecule has 13 heteroatoms. The number of ether oxygens (including phenoxy) is 5. The van der Waals surface area contributed by atoms with Gasteiger partial charge in [0.15, 0.2) is 6.10 Å². The number of alkyl halides is 1. The summed E-state index contributed by atoms with van der Waals surface area (Å²) in [6, 6.07) is -1.05. The van der Waals surface area contributed by atoms with Gasteiger partial charge in [0.25, 0.3) is 5.91 Å². The van der Waals surface area contributed by atoms with Crippen molar-refractivity contribution in [2.24, 2.45) is 29.6 Å². The minimum absolute atomic E-state index is 0.0649. The summed E-state index contributed by atoms with van der Waals surface area (Å²) >= 11 is 6.53. The molecule has 3 aliphatic heterocycles. The molecule has 4 rings (SSSR count). The number of hydrogen-bond donors (Lipinski definition) is 3. The van der Waals surface area contributed by atoms with Crippen molar-refractivity contribution in [2.75, 3.05) is 27.9 Å². The number of allylic oxidation sites excluding steroid dienone is 3. The lowest BCUT2D eigenvalue weighted by molar-refractivity contribution is -0.346. The Labute approximate surface area is 339 Å². The number of amides is 1. The normalized spacial score (nSPS) is 42.9. The smallest absolute Gasteiger partial charge is 0.329 e. The van der Waals surface area contributed by atoms with Crippen LogP contribution in [-0.4, -0.2) is 126 Å². The van der Waals surface area contributed by atoms with Gasteiger partial charge in [-0.15, -0.1) is 11.6 Å². The van der Waals surface area contributed by atoms with E-state index in [4.69, 9.17) is 35.3 Å². The Morgan fingerprint density at radius 2 is 1.62 bits per heavy atom. The van der Waals surface area contributed by atoms with Gasteiger partial charge in [0.2, 0.25) is 5.79 Å². The lowest BCUT2D eigenvalue weighted by atomic mass is 9.81. The zero-order valence-corrected chi connectivity index (χ0v) is 35.9. The number of fused-ring (bicyclic) bond motifs is 3. The first-order valence-corrected chi connectivity index (χ1v) is 21.3. The van der Waals surface area contributed by atoms with Gasteiger partial charge in [-0.2, -0.15) is 0 Å². The number of aliphatic hydroxyl groups is 3. The SMILES string of the molecule is CC[C@@H]1/C=C(\C)C[C@H](C)C[C@H](OC)[C@H]2O[C@](O)([C@H](C)C[C@@H]2OC)[C@@H](O)C(=O)N2CCCC[C@H]2C(=O)O[C@H](/C(C)=C/C2CC[C@H](Cl)[C@H](OC)C2)[C@@H](C)[C@@H](O)CC1=O. The molecule has 2 saturated heterocycles. The largest absolute Gasteiger partial charge is 0.456 e. The topological polar surface area (TPSA) is 161 Å². The molecule has 1 aliphatic carbocycles. The molecule has 56 heavy (non-hydrogen) atoms. The summed E-state index contributed by atoms with van der Waals surface area (Å²) in [5.74, 6) is -5.56. The summed E-state index contributed by atoms with van der Waals surface area (Å²) in [5.41, 5.74) is 1.74. The van der Waals surface area contributed by atoms with Crippen LogP contribution < -0.4 is 0 Å². The van der Waals surface area contributed by atoms with Crippen molar-refractivity contribution in [2.45, 2.75) is 172 Å². The van der Waals surface area contributed by atoms with Crippen molar-refractivity contribution in [1.29, 1.82) is 0 Å². The third-order valence-corrected chi connectivity index (χ3v) is 13.5. The standard InChI is InChI=1S/C43H70ClNO11/c1-10-30-18-24(2)17-25(3)19-36(53-8)39-37(54-9)21-27(5)43(51,56-39)40(48)41(49)45-16-12-11-13-32(45)42(50)55-38(28(6)33(46)23-34(30)47)26(4)20-29-14-15-31(44)35(22-29)52-7/h18,20,25,27-33,35-40,46,48,51H,10-17,19,21-23H2,1-9H3/b24-18+,26-20+/t25-,27+,28-,29?,30+,31-,32-,33-,35+,36-,37-,38+,39+,40-,43+/m0/s1. The highest BCUT2D eigenvalue weighted by Gasteiger charge is 2.56. The van der Waals surface area contributed by atoms with Crippen LogP contribution in [0, 0.1) is 29.6 Å². The highest BCUT2D eigenvalue weighted by atomic mass is 35.5. The summed E-state index contributed by atoms with van der Waals surface area (Å²) in [5, 5.41) is 35.5. The van der Waals surface area contributed by atoms with Crippen molar-refractivity contribution < 1.29 is 53.4 Å². The molecular formula is C43H70ClNO11. The molecule has 0 aromatic carbocycles. The van der Waals surface area contributed by atoms with Gasteiger partial charge in [-0.05, 0) is 95.5 Å². The molecule has 320 valence electrons. The van der Waals surface area contributed by atoms with E-state index in [9.17, 15) is 29.7 Å². The third kappa shape index (κ3) is 11.0. The van der Waals surface area contributed by atoms with Crippen LogP contribution in [0.3, 0.4) is 0 Å². The molecule has 3 heterocycles. The number of carbonyl (C=O) groups excluding carboxylic acids is 3. The number of hydrogen-bond acceptors (Lipinski definition) is 11. The molecule has 12 nitrogen and oxygen atoms in total. The number of nitrogens with zero attached hydrogens (tertiary/aromatic N) is 1. The summed E-state index contributed by atoms with van der Waals surface area (Å²) < 4.78 is 30.1. The Hall–Kier alpha value is -1.90. The lowest BCUT2D eigenvalue weighted by Crippen LogP contribution is -2.66. The zero-order valence-electron chi connectivity index (χ0n) is 35.2. The fourth-order valence-electron chi connectivity index (χ4n) is 9.51. The Kier molecular flexibility index (Phi) is 17.4. The molecule has 3 N–H and O–H groups in total. The van der Waals surface area contributed by atoms with E-state index in [1.807, 2.05) is 26.8 Å². The molecule has 2 bridgehead atoms. The fraction of sp³-hybridized carbons (Fsp3) is 0.837. The summed E-state index contributed by atoms with van der Waals surface area (Å²) in [7, 11) is 4.76. The first-order chi connectivity index (χ1) is 26.5. The van der Waals surface area contributed by atoms with Crippen molar-refractivity contribution in [3.05, 3.63) is 23.3 Å². The maximum absolute atomic E-state index is 14.3. The van der Waals surface area contributed by atoms with E-state index in [1.54, 1.807) is 35.2 Å². The minimum Gasteiger partial charge on any atom is -0.456 e. The van der Waals surface area contributed by atoms with Gasteiger partial charge in [-0.1, -0.05) is 45.4 Å². The summed E-state index contributed by atoms with van der Waals surface area (Å²) in [6.07, 6.45) is 3.63. The van der Waals surface area contributed by atoms with Crippen molar-refractivity contribution in [1.82, 2.24) is 4.90 Å². The quantitative estimate of drug-likeness (QED) is 0.176. The van der Waals surface area contributed by atoms with Gasteiger partial charge in [0.05, 0.1) is 29.8 Å². The number of ketones is 1. The molecule has 1 saturated carbocycles. The molecule has 15 atom stereocenters. The fourth-order valence-corrected chi connectivity index (χ4v) is 9.84. The van der Waals surface area contributed by atoms with Gasteiger partial charge < -0.3 is 43.9 Å². The average Bonchev–Trinajstić information content (AvgIpc) is 3.18. The monoisotopic (exact) mass is 811 g/mol.